The molecule has 0 bridgehead atoms. The molecule has 2 aromatic carbocycles. The molecule has 0 saturated carbocycles. The zero-order valence-corrected chi connectivity index (χ0v) is 23.5. The number of aromatic nitrogens is 3. The van der Waals surface area contributed by atoms with Gasteiger partial charge in [-0.05, 0) is 29.7 Å². The predicted octanol–water partition coefficient (Wildman–Crippen LogP) is 3.64. The number of phenols is 1. The van der Waals surface area contributed by atoms with Crippen molar-refractivity contribution in [3.05, 3.63) is 82.3 Å². The van der Waals surface area contributed by atoms with Crippen LogP contribution in [-0.2, 0) is 11.4 Å². The maximum atomic E-state index is 16.5. The molecule has 0 aliphatic carbocycles. The summed E-state index contributed by atoms with van der Waals surface area (Å²) < 4.78 is 38.8. The Morgan fingerprint density at radius 2 is 1.95 bits per heavy atom. The zero-order chi connectivity index (χ0) is 30.6. The molecule has 1 fully saturated rings. The van der Waals surface area contributed by atoms with E-state index in [0.717, 1.165) is 6.07 Å². The van der Waals surface area contributed by atoms with Gasteiger partial charge in [-0.15, -0.1) is 0 Å². The third-order valence-corrected chi connectivity index (χ3v) is 7.96. The summed E-state index contributed by atoms with van der Waals surface area (Å²) in [6, 6.07) is 8.26. The summed E-state index contributed by atoms with van der Waals surface area (Å²) in [6.45, 7) is 7.64. The molecular formula is C31H29F2N5O5. The Morgan fingerprint density at radius 1 is 1.19 bits per heavy atom. The molecule has 0 radical (unpaired) electrons. The van der Waals surface area contributed by atoms with E-state index in [1.54, 1.807) is 28.0 Å². The molecule has 2 aromatic heterocycles. The van der Waals surface area contributed by atoms with Crippen LogP contribution < -0.4 is 15.3 Å². The van der Waals surface area contributed by atoms with E-state index in [4.69, 9.17) is 4.74 Å². The van der Waals surface area contributed by atoms with Gasteiger partial charge in [-0.25, -0.2) is 23.1 Å². The van der Waals surface area contributed by atoms with Crippen molar-refractivity contribution in [2.24, 2.45) is 0 Å². The summed E-state index contributed by atoms with van der Waals surface area (Å²) in [6.07, 6.45) is 1.21. The minimum absolute atomic E-state index is 0.0742. The number of benzene rings is 2. The number of aliphatic hydroxyl groups excluding tert-OH is 1. The van der Waals surface area contributed by atoms with E-state index in [1.807, 2.05) is 13.8 Å². The van der Waals surface area contributed by atoms with Crippen molar-refractivity contribution in [3.8, 4) is 28.4 Å². The molecule has 4 heterocycles. The molecule has 10 nitrogen and oxygen atoms in total. The Kier molecular flexibility index (Phi) is 7.09. The number of anilines is 1. The Labute approximate surface area is 245 Å². The number of ether oxygens (including phenoxy) is 1. The number of fused-ring (bicyclic) bond motifs is 2. The monoisotopic (exact) mass is 589 g/mol. The largest absolute Gasteiger partial charge is 0.507 e. The van der Waals surface area contributed by atoms with Gasteiger partial charge in [-0.1, -0.05) is 44.7 Å². The molecule has 1 amide bonds. The summed E-state index contributed by atoms with van der Waals surface area (Å²) >= 11 is 0. The Hall–Kier alpha value is -4.84. The molecule has 2 N–H and O–H groups in total. The van der Waals surface area contributed by atoms with Crippen LogP contribution in [0.2, 0.25) is 0 Å². The minimum atomic E-state index is -1.04. The fourth-order valence-corrected chi connectivity index (χ4v) is 5.90. The van der Waals surface area contributed by atoms with E-state index in [-0.39, 0.29) is 54.1 Å². The first kappa shape index (κ1) is 28.3. The van der Waals surface area contributed by atoms with Gasteiger partial charge in [0, 0.05) is 25.2 Å². The van der Waals surface area contributed by atoms with Gasteiger partial charge in [0.25, 0.3) is 0 Å². The lowest BCUT2D eigenvalue weighted by molar-refractivity contribution is -0.126. The minimum Gasteiger partial charge on any atom is -0.507 e. The number of halogens is 2. The number of aromatic hydroxyl groups is 1. The van der Waals surface area contributed by atoms with Crippen LogP contribution in [0.4, 0.5) is 14.6 Å². The molecule has 6 rings (SSSR count). The second-order valence-electron chi connectivity index (χ2n) is 10.8. The molecule has 222 valence electrons. The number of amides is 1. The highest BCUT2D eigenvalue weighted by Crippen LogP contribution is 2.44. The number of nitrogens with zero attached hydrogens (tertiary/aromatic N) is 5. The number of carbonyl (C=O) groups excluding carboxylic acids is 1. The van der Waals surface area contributed by atoms with E-state index in [1.165, 1.54) is 22.8 Å². The topological polar surface area (TPSA) is 121 Å². The maximum Gasteiger partial charge on any atom is 0.355 e. The molecule has 43 heavy (non-hydrogen) atoms. The summed E-state index contributed by atoms with van der Waals surface area (Å²) in [5.74, 6) is -3.11. The number of pyridine rings is 1. The fourth-order valence-electron chi connectivity index (χ4n) is 5.90. The van der Waals surface area contributed by atoms with Crippen molar-refractivity contribution in [3.63, 3.8) is 0 Å². The van der Waals surface area contributed by atoms with E-state index in [2.05, 4.69) is 16.5 Å². The van der Waals surface area contributed by atoms with E-state index in [9.17, 15) is 19.8 Å². The van der Waals surface area contributed by atoms with Crippen LogP contribution in [0, 0.1) is 11.6 Å². The number of piperazine rings is 1. The lowest BCUT2D eigenvalue weighted by Gasteiger charge is -2.40. The standard InChI is InChI=1S/C31H29F2N5O5/c1-4-22(41)36-11-12-37-18(13-36)15-43-28-24-29(37)35-31(42)38(27-17(14-39)7-5-8-19(27)16(2)3)30(24)34-26(25(28)33)23-20(32)9-6-10-21(23)40/h4-10,16,18,39-40H,1,11-15H2,2-3H3/t18-/m1/s1. The molecule has 0 spiro atoms. The Bertz CT molecular complexity index is 1840. The van der Waals surface area contributed by atoms with Crippen LogP contribution in [0.3, 0.4) is 0 Å². The van der Waals surface area contributed by atoms with Crippen molar-refractivity contribution in [1.29, 1.82) is 0 Å². The number of hydrogen-bond donors (Lipinski definition) is 2. The van der Waals surface area contributed by atoms with Gasteiger partial charge in [0.15, 0.2) is 17.2 Å². The summed E-state index contributed by atoms with van der Waals surface area (Å²) in [4.78, 5) is 38.7. The van der Waals surface area contributed by atoms with Gasteiger partial charge < -0.3 is 24.7 Å². The van der Waals surface area contributed by atoms with Gasteiger partial charge in [0.05, 0.1) is 23.9 Å². The number of rotatable bonds is 5. The number of phenolic OH excluding ortho intramolecular Hbond substituents is 1. The van der Waals surface area contributed by atoms with Crippen LogP contribution in [0.25, 0.3) is 28.0 Å². The first-order valence-electron chi connectivity index (χ1n) is 13.8. The molecule has 2 aliphatic rings. The highest BCUT2D eigenvalue weighted by Gasteiger charge is 2.38. The first-order valence-corrected chi connectivity index (χ1v) is 13.8. The highest BCUT2D eigenvalue weighted by molar-refractivity contribution is 5.97. The quantitative estimate of drug-likeness (QED) is 0.339. The molecule has 12 heteroatoms. The third-order valence-electron chi connectivity index (χ3n) is 7.96. The number of carbonyl (C=O) groups is 1. The van der Waals surface area contributed by atoms with Crippen molar-refractivity contribution in [2.45, 2.75) is 32.4 Å². The van der Waals surface area contributed by atoms with Crippen LogP contribution >= 0.6 is 0 Å². The van der Waals surface area contributed by atoms with Crippen molar-refractivity contribution >= 4 is 22.8 Å². The van der Waals surface area contributed by atoms with Gasteiger partial charge in [0.1, 0.15) is 35.1 Å². The van der Waals surface area contributed by atoms with Gasteiger partial charge in [-0.2, -0.15) is 4.98 Å². The van der Waals surface area contributed by atoms with Crippen molar-refractivity contribution < 1.29 is 28.5 Å². The molecule has 1 atom stereocenters. The SMILES string of the molecule is C=CC(=O)N1CCN2c3nc(=O)n(-c4c(CO)cccc4C(C)C)c4nc(-c5c(O)cccc5F)c(F)c(c34)OC[C@H]2C1. The number of para-hydroxylation sites is 1. The molecular weight excluding hydrogens is 560 g/mol. The Balaban J connectivity index is 1.72. The van der Waals surface area contributed by atoms with E-state index >= 15 is 8.78 Å². The summed E-state index contributed by atoms with van der Waals surface area (Å²) in [7, 11) is 0. The lowest BCUT2D eigenvalue weighted by Crippen LogP contribution is -2.56. The predicted molar refractivity (Wildman–Crippen MR) is 156 cm³/mol. The van der Waals surface area contributed by atoms with E-state index in [0.29, 0.717) is 23.4 Å². The fraction of sp³-hybridized carbons (Fsp3) is 0.290. The summed E-state index contributed by atoms with van der Waals surface area (Å²) in [5, 5.41) is 20.9. The van der Waals surface area contributed by atoms with E-state index < -0.39 is 47.0 Å². The zero-order valence-electron chi connectivity index (χ0n) is 23.5. The molecule has 1 saturated heterocycles. The number of hydrogen-bond acceptors (Lipinski definition) is 8. The van der Waals surface area contributed by atoms with Crippen molar-refractivity contribution in [1.82, 2.24) is 19.4 Å². The maximum absolute atomic E-state index is 16.5. The van der Waals surface area contributed by atoms with Crippen LogP contribution in [-0.4, -0.2) is 67.8 Å². The first-order chi connectivity index (χ1) is 20.7. The van der Waals surface area contributed by atoms with Gasteiger partial charge in [-0.3, -0.25) is 4.79 Å². The molecule has 2 aliphatic heterocycles. The number of aliphatic hydroxyl groups is 1. The third kappa shape index (κ3) is 4.49. The summed E-state index contributed by atoms with van der Waals surface area (Å²) in [5.41, 5.74) is -0.487. The highest BCUT2D eigenvalue weighted by atomic mass is 19.1. The molecule has 0 unspecified atom stereocenters. The van der Waals surface area contributed by atoms with Crippen LogP contribution in [0.5, 0.6) is 11.5 Å². The van der Waals surface area contributed by atoms with Gasteiger partial charge in [0.2, 0.25) is 5.91 Å². The second kappa shape index (κ2) is 10.8. The average molecular weight is 590 g/mol. The molecule has 4 aromatic rings. The normalized spacial score (nSPS) is 16.2. The Morgan fingerprint density at radius 3 is 2.65 bits per heavy atom. The lowest BCUT2D eigenvalue weighted by atomic mass is 9.97. The van der Waals surface area contributed by atoms with Crippen molar-refractivity contribution in [2.75, 3.05) is 31.1 Å². The van der Waals surface area contributed by atoms with Crippen LogP contribution in [0.15, 0.2) is 53.8 Å². The second-order valence-corrected chi connectivity index (χ2v) is 10.8. The smallest absolute Gasteiger partial charge is 0.355 e. The average Bonchev–Trinajstić information content (AvgIpc) is 3.15. The van der Waals surface area contributed by atoms with Crippen LogP contribution in [0.1, 0.15) is 30.9 Å². The van der Waals surface area contributed by atoms with Gasteiger partial charge >= 0.3 is 5.69 Å².